The Kier molecular flexibility index (Phi) is 4.68. The van der Waals surface area contributed by atoms with Gasteiger partial charge in [-0.1, -0.05) is 18.9 Å². The maximum absolute atomic E-state index is 12.8. The molecular formula is C15H22N2O3S. The lowest BCUT2D eigenvalue weighted by atomic mass is 10.1. The summed E-state index contributed by atoms with van der Waals surface area (Å²) >= 11 is 0. The average Bonchev–Trinajstić information content (AvgIpc) is 2.92. The first-order valence-corrected chi connectivity index (χ1v) is 8.64. The van der Waals surface area contributed by atoms with Crippen LogP contribution in [-0.4, -0.2) is 31.2 Å². The molecule has 2 rings (SSSR count). The molecule has 6 heteroatoms. The quantitative estimate of drug-likeness (QED) is 0.899. The van der Waals surface area contributed by atoms with Gasteiger partial charge in [0.25, 0.3) is 0 Å². The van der Waals surface area contributed by atoms with E-state index in [-0.39, 0.29) is 17.5 Å². The molecule has 1 aliphatic rings. The molecule has 1 saturated carbocycles. The van der Waals surface area contributed by atoms with Crippen LogP contribution in [0, 0.1) is 13.8 Å². The fraction of sp³-hybridized carbons (Fsp3) is 0.533. The maximum atomic E-state index is 12.8. The van der Waals surface area contributed by atoms with Crippen LogP contribution in [-0.2, 0) is 14.8 Å². The second-order valence-electron chi connectivity index (χ2n) is 5.70. The molecular weight excluding hydrogens is 288 g/mol. The number of nitrogens with two attached hydrogens (primary N) is 1. The summed E-state index contributed by atoms with van der Waals surface area (Å²) in [4.78, 5) is 11.5. The molecule has 0 spiro atoms. The minimum Gasteiger partial charge on any atom is -0.369 e. The third-order valence-corrected chi connectivity index (χ3v) is 6.02. The van der Waals surface area contributed by atoms with Gasteiger partial charge in [0.05, 0.1) is 11.4 Å². The Balaban J connectivity index is 2.40. The third-order valence-electron chi connectivity index (χ3n) is 4.13. The van der Waals surface area contributed by atoms with Gasteiger partial charge in [0.15, 0.2) is 0 Å². The van der Waals surface area contributed by atoms with E-state index in [1.807, 2.05) is 13.8 Å². The lowest BCUT2D eigenvalue weighted by molar-refractivity contribution is -0.118. The molecule has 0 aliphatic heterocycles. The molecule has 1 amide bonds. The van der Waals surface area contributed by atoms with Gasteiger partial charge in [-0.25, -0.2) is 8.42 Å². The summed E-state index contributed by atoms with van der Waals surface area (Å²) in [6.45, 7) is 3.56. The van der Waals surface area contributed by atoms with E-state index in [9.17, 15) is 13.2 Å². The molecule has 21 heavy (non-hydrogen) atoms. The summed E-state index contributed by atoms with van der Waals surface area (Å²) < 4.78 is 27.0. The molecule has 0 radical (unpaired) electrons. The highest BCUT2D eigenvalue weighted by Gasteiger charge is 2.34. The van der Waals surface area contributed by atoms with Crippen molar-refractivity contribution >= 4 is 15.9 Å². The van der Waals surface area contributed by atoms with Crippen LogP contribution in [0.1, 0.15) is 36.8 Å². The van der Waals surface area contributed by atoms with Crippen molar-refractivity contribution < 1.29 is 13.2 Å². The van der Waals surface area contributed by atoms with Crippen molar-refractivity contribution in [3.63, 3.8) is 0 Å². The summed E-state index contributed by atoms with van der Waals surface area (Å²) in [5.41, 5.74) is 7.20. The molecule has 1 aromatic carbocycles. The second kappa shape index (κ2) is 6.15. The number of sulfonamides is 1. The van der Waals surface area contributed by atoms with Crippen LogP contribution in [0.15, 0.2) is 23.1 Å². The van der Waals surface area contributed by atoms with Crippen molar-refractivity contribution in [1.82, 2.24) is 4.31 Å². The summed E-state index contributed by atoms with van der Waals surface area (Å²) in [5.74, 6) is -0.616. The predicted molar refractivity (Wildman–Crippen MR) is 81.3 cm³/mol. The van der Waals surface area contributed by atoms with Gasteiger partial charge in [-0.05, 0) is 49.9 Å². The van der Waals surface area contributed by atoms with E-state index in [1.165, 1.54) is 4.31 Å². The van der Waals surface area contributed by atoms with E-state index in [1.54, 1.807) is 18.2 Å². The molecule has 0 atom stereocenters. The number of primary amides is 1. The van der Waals surface area contributed by atoms with Crippen LogP contribution >= 0.6 is 0 Å². The summed E-state index contributed by atoms with van der Waals surface area (Å²) in [7, 11) is -3.69. The fourth-order valence-corrected chi connectivity index (χ4v) is 4.50. The van der Waals surface area contributed by atoms with Crippen molar-refractivity contribution in [2.75, 3.05) is 6.54 Å². The highest BCUT2D eigenvalue weighted by molar-refractivity contribution is 7.89. The monoisotopic (exact) mass is 310 g/mol. The minimum atomic E-state index is -3.69. The first kappa shape index (κ1) is 16.0. The highest BCUT2D eigenvalue weighted by Crippen LogP contribution is 2.29. The third kappa shape index (κ3) is 3.44. The summed E-state index contributed by atoms with van der Waals surface area (Å²) in [6.07, 6.45) is 3.56. The fourth-order valence-electron chi connectivity index (χ4n) is 2.77. The van der Waals surface area contributed by atoms with Gasteiger partial charge in [-0.2, -0.15) is 4.31 Å². The van der Waals surface area contributed by atoms with E-state index < -0.39 is 15.9 Å². The zero-order chi connectivity index (χ0) is 15.6. The lowest BCUT2D eigenvalue weighted by Crippen LogP contribution is -2.44. The van der Waals surface area contributed by atoms with Crippen LogP contribution in [0.25, 0.3) is 0 Å². The van der Waals surface area contributed by atoms with Gasteiger partial charge < -0.3 is 5.73 Å². The minimum absolute atomic E-state index is 0.121. The van der Waals surface area contributed by atoms with Crippen LogP contribution in [0.5, 0.6) is 0 Å². The number of carbonyl (C=O) groups excluding carboxylic acids is 1. The summed E-state index contributed by atoms with van der Waals surface area (Å²) in [5, 5.41) is 0. The average molecular weight is 310 g/mol. The van der Waals surface area contributed by atoms with Gasteiger partial charge in [0.1, 0.15) is 0 Å². The molecule has 2 N–H and O–H groups in total. The Hall–Kier alpha value is -1.40. The summed E-state index contributed by atoms with van der Waals surface area (Å²) in [6, 6.07) is 4.93. The van der Waals surface area contributed by atoms with E-state index in [0.29, 0.717) is 0 Å². The Morgan fingerprint density at radius 3 is 2.38 bits per heavy atom. The van der Waals surface area contributed by atoms with Crippen molar-refractivity contribution in [2.24, 2.45) is 5.73 Å². The zero-order valence-corrected chi connectivity index (χ0v) is 13.3. The smallest absolute Gasteiger partial charge is 0.243 e. The number of nitrogens with zero attached hydrogens (tertiary/aromatic N) is 1. The standard InChI is InChI=1S/C15H22N2O3S/c1-11-7-8-14(9-12(11)2)21(19,20)17(10-15(16)18)13-5-3-4-6-13/h7-9,13H,3-6,10H2,1-2H3,(H2,16,18). The molecule has 0 saturated heterocycles. The number of rotatable bonds is 5. The van der Waals surface area contributed by atoms with Crippen molar-refractivity contribution in [2.45, 2.75) is 50.5 Å². The molecule has 116 valence electrons. The van der Waals surface area contributed by atoms with Gasteiger partial charge >= 0.3 is 0 Å². The largest absolute Gasteiger partial charge is 0.369 e. The van der Waals surface area contributed by atoms with Crippen molar-refractivity contribution in [3.05, 3.63) is 29.3 Å². The Morgan fingerprint density at radius 1 is 1.24 bits per heavy atom. The van der Waals surface area contributed by atoms with Crippen LogP contribution in [0.3, 0.4) is 0 Å². The van der Waals surface area contributed by atoms with Crippen LogP contribution in [0.2, 0.25) is 0 Å². The van der Waals surface area contributed by atoms with Gasteiger partial charge in [0, 0.05) is 6.04 Å². The number of benzene rings is 1. The van der Waals surface area contributed by atoms with Crippen LogP contribution < -0.4 is 5.73 Å². The molecule has 0 heterocycles. The lowest BCUT2D eigenvalue weighted by Gasteiger charge is -2.27. The number of amides is 1. The van der Waals surface area contributed by atoms with Crippen molar-refractivity contribution in [1.29, 1.82) is 0 Å². The molecule has 1 aromatic rings. The molecule has 0 aromatic heterocycles. The second-order valence-corrected chi connectivity index (χ2v) is 7.59. The van der Waals surface area contributed by atoms with E-state index in [2.05, 4.69) is 0 Å². The van der Waals surface area contributed by atoms with Crippen molar-refractivity contribution in [3.8, 4) is 0 Å². The first-order chi connectivity index (χ1) is 9.82. The Morgan fingerprint density at radius 2 is 1.86 bits per heavy atom. The topological polar surface area (TPSA) is 80.5 Å². The molecule has 5 nitrogen and oxygen atoms in total. The number of hydrogen-bond acceptors (Lipinski definition) is 3. The Labute approximate surface area is 126 Å². The normalized spacial score (nSPS) is 16.5. The number of aryl methyl sites for hydroxylation is 2. The van der Waals surface area contributed by atoms with E-state index in [0.717, 1.165) is 36.8 Å². The molecule has 0 bridgehead atoms. The zero-order valence-electron chi connectivity index (χ0n) is 12.5. The predicted octanol–water partition coefficient (Wildman–Crippen LogP) is 1.72. The van der Waals surface area contributed by atoms with E-state index >= 15 is 0 Å². The molecule has 1 fully saturated rings. The first-order valence-electron chi connectivity index (χ1n) is 7.20. The van der Waals surface area contributed by atoms with E-state index in [4.69, 9.17) is 5.73 Å². The Bertz CT molecular complexity index is 634. The molecule has 0 unspecified atom stereocenters. The van der Waals surface area contributed by atoms with Gasteiger partial charge in [0.2, 0.25) is 15.9 Å². The SMILES string of the molecule is Cc1ccc(S(=O)(=O)N(CC(N)=O)C2CCCC2)cc1C. The maximum Gasteiger partial charge on any atom is 0.243 e. The van der Waals surface area contributed by atoms with Crippen LogP contribution in [0.4, 0.5) is 0 Å². The number of carbonyl (C=O) groups is 1. The van der Waals surface area contributed by atoms with Gasteiger partial charge in [-0.15, -0.1) is 0 Å². The van der Waals surface area contributed by atoms with Gasteiger partial charge in [-0.3, -0.25) is 4.79 Å². The number of hydrogen-bond donors (Lipinski definition) is 1. The highest BCUT2D eigenvalue weighted by atomic mass is 32.2. The molecule has 1 aliphatic carbocycles.